The minimum absolute atomic E-state index is 0.0810. The molecule has 6 aromatic carbocycles. The zero-order valence-corrected chi connectivity index (χ0v) is 49.1. The van der Waals surface area contributed by atoms with Crippen LogP contribution in [-0.4, -0.2) is 50.2 Å². The van der Waals surface area contributed by atoms with E-state index in [1.807, 2.05) is 97.3 Å². The van der Waals surface area contributed by atoms with Crippen LogP contribution in [0.2, 0.25) is 0 Å². The van der Waals surface area contributed by atoms with Crippen LogP contribution >= 0.6 is 15.9 Å². The van der Waals surface area contributed by atoms with Gasteiger partial charge in [0.1, 0.15) is 34.6 Å². The van der Waals surface area contributed by atoms with Crippen LogP contribution in [0.25, 0.3) is 56.7 Å². The number of phenols is 1. The molecule has 0 atom stereocenters. The van der Waals surface area contributed by atoms with Gasteiger partial charge in [-0.3, -0.25) is 19.1 Å². The summed E-state index contributed by atoms with van der Waals surface area (Å²) < 4.78 is 11.8. The lowest BCUT2D eigenvalue weighted by atomic mass is 9.92. The Morgan fingerprint density at radius 2 is 0.829 bits per heavy atom. The van der Waals surface area contributed by atoms with Gasteiger partial charge >= 0.3 is 5.97 Å². The van der Waals surface area contributed by atoms with Crippen molar-refractivity contribution in [3.8, 4) is 73.9 Å². The second-order valence-corrected chi connectivity index (χ2v) is 21.5. The van der Waals surface area contributed by atoms with Crippen molar-refractivity contribution >= 4 is 21.9 Å². The lowest BCUT2D eigenvalue weighted by Crippen LogP contribution is -2.07. The van der Waals surface area contributed by atoms with Crippen molar-refractivity contribution in [3.63, 3.8) is 0 Å². The standard InChI is InChI=1S/C32H31N3O.C21H23BrN2.C11H9NO.C6H5NO2/c1-22(2)28-14-9-15-29(23(3)4)31(28)35-19-18-34-32(35)25-11-8-13-27(21-25)36-26-12-7-10-24(20-26)30-16-5-6-17-33-30;1-14(2)18-9-6-10-19(15(3)4)20(18)24-12-11-23-21(24)16-7-5-8-17(22)13-16;13-10-5-3-4-9(8-10)11-6-1-2-7-12-11;8-6(9)5-3-1-2-4-7-5/h5-23H,1-4H3;5-15H,1-4H3;1-8,13H;1-4H,(H,8,9). The fourth-order valence-corrected chi connectivity index (χ4v) is 9.78. The summed E-state index contributed by atoms with van der Waals surface area (Å²) in [6, 6.07) is 61.2. The summed E-state index contributed by atoms with van der Waals surface area (Å²) in [5, 5.41) is 17.6. The molecule has 11 nitrogen and oxygen atoms in total. The van der Waals surface area contributed by atoms with Crippen molar-refractivity contribution in [2.75, 3.05) is 0 Å². The molecule has 414 valence electrons. The highest BCUT2D eigenvalue weighted by Crippen LogP contribution is 2.37. The SMILES string of the molecule is CC(C)c1cccc(C(C)C)c1-n1ccnc1-c1cccc(Br)c1.CC(C)c1cccc(C(C)C)c1-n1ccnc1-c1cccc(Oc2cccc(-c3ccccn3)c2)c1.O=C(O)c1ccccn1.Oc1cccc(-c2ccccn2)c1. The van der Waals surface area contributed by atoms with Crippen molar-refractivity contribution in [3.05, 3.63) is 264 Å². The van der Waals surface area contributed by atoms with Gasteiger partial charge in [0.2, 0.25) is 0 Å². The van der Waals surface area contributed by atoms with E-state index in [4.69, 9.17) is 14.8 Å². The second kappa shape index (κ2) is 28.2. The van der Waals surface area contributed by atoms with E-state index >= 15 is 0 Å². The lowest BCUT2D eigenvalue weighted by Gasteiger charge is -2.22. The maximum absolute atomic E-state index is 10.1. The number of para-hydroxylation sites is 2. The Morgan fingerprint density at radius 3 is 1.23 bits per heavy atom. The maximum atomic E-state index is 10.1. The molecule has 0 radical (unpaired) electrons. The number of carboxylic acid groups (broad SMARTS) is 1. The van der Waals surface area contributed by atoms with Crippen LogP contribution in [0.4, 0.5) is 0 Å². The first-order valence-electron chi connectivity index (χ1n) is 27.4. The van der Waals surface area contributed by atoms with Crippen molar-refractivity contribution in [2.45, 2.75) is 79.1 Å². The predicted octanol–water partition coefficient (Wildman–Crippen LogP) is 18.4. The van der Waals surface area contributed by atoms with E-state index < -0.39 is 5.97 Å². The first-order chi connectivity index (χ1) is 39.7. The summed E-state index contributed by atoms with van der Waals surface area (Å²) in [7, 11) is 0. The normalized spacial score (nSPS) is 10.8. The summed E-state index contributed by atoms with van der Waals surface area (Å²) in [4.78, 5) is 31.8. The van der Waals surface area contributed by atoms with Gasteiger partial charge in [-0.1, -0.05) is 174 Å². The molecule has 0 spiro atoms. The zero-order chi connectivity index (χ0) is 58.1. The molecule has 0 unspecified atom stereocenters. The molecule has 11 aromatic rings. The molecule has 5 aromatic heterocycles. The van der Waals surface area contributed by atoms with E-state index in [2.05, 4.69) is 180 Å². The predicted molar refractivity (Wildman–Crippen MR) is 334 cm³/mol. The number of benzene rings is 6. The summed E-state index contributed by atoms with van der Waals surface area (Å²) in [5.41, 5.74) is 13.8. The number of phenolic OH excluding ortho intramolecular Hbond substituents is 1. The van der Waals surface area contributed by atoms with Crippen molar-refractivity contribution in [1.82, 2.24) is 34.1 Å². The molecule has 12 heteroatoms. The molecule has 11 rings (SSSR count). The average Bonchev–Trinajstić information content (AvgIpc) is 4.26. The number of hydrogen-bond acceptors (Lipinski definition) is 8. The highest BCUT2D eigenvalue weighted by molar-refractivity contribution is 9.10. The number of aromatic carboxylic acids is 1. The van der Waals surface area contributed by atoms with Gasteiger partial charge in [-0.2, -0.15) is 0 Å². The molecular weight excluding hydrogens is 1080 g/mol. The largest absolute Gasteiger partial charge is 0.508 e. The monoisotopic (exact) mass is 1150 g/mol. The smallest absolute Gasteiger partial charge is 0.354 e. The number of ether oxygens (including phenoxy) is 1. The number of carboxylic acids is 1. The van der Waals surface area contributed by atoms with Crippen LogP contribution in [0.1, 0.15) is 112 Å². The minimum Gasteiger partial charge on any atom is -0.508 e. The van der Waals surface area contributed by atoms with Gasteiger partial charge in [-0.05, 0) is 131 Å². The van der Waals surface area contributed by atoms with Crippen molar-refractivity contribution < 1.29 is 19.7 Å². The number of carbonyl (C=O) groups is 1. The van der Waals surface area contributed by atoms with Gasteiger partial charge in [-0.15, -0.1) is 0 Å². The first kappa shape index (κ1) is 58.9. The van der Waals surface area contributed by atoms with Gasteiger partial charge in [0.15, 0.2) is 0 Å². The van der Waals surface area contributed by atoms with Crippen LogP contribution in [0.5, 0.6) is 17.2 Å². The molecular formula is C70H68BrN7O4. The fraction of sp³-hybridized carbons (Fsp3) is 0.171. The van der Waals surface area contributed by atoms with E-state index in [0.29, 0.717) is 23.7 Å². The molecule has 0 aliphatic rings. The zero-order valence-electron chi connectivity index (χ0n) is 47.5. The summed E-state index contributed by atoms with van der Waals surface area (Å²) in [6.07, 6.45) is 12.9. The maximum Gasteiger partial charge on any atom is 0.354 e. The Kier molecular flexibility index (Phi) is 20.3. The number of nitrogens with zero attached hydrogens (tertiary/aromatic N) is 7. The van der Waals surface area contributed by atoms with Crippen molar-refractivity contribution in [2.24, 2.45) is 0 Å². The Bertz CT molecular complexity index is 3770. The fourth-order valence-electron chi connectivity index (χ4n) is 9.38. The lowest BCUT2D eigenvalue weighted by molar-refractivity contribution is 0.0690. The number of halogens is 1. The first-order valence-corrected chi connectivity index (χ1v) is 28.2. The van der Waals surface area contributed by atoms with Crippen LogP contribution in [0.3, 0.4) is 0 Å². The Balaban J connectivity index is 0.000000163. The van der Waals surface area contributed by atoms with E-state index in [1.165, 1.54) is 45.9 Å². The van der Waals surface area contributed by atoms with Gasteiger partial charge in [-0.25, -0.2) is 19.7 Å². The van der Waals surface area contributed by atoms with Gasteiger partial charge in [0, 0.05) is 70.1 Å². The molecule has 0 fully saturated rings. The summed E-state index contributed by atoms with van der Waals surface area (Å²) in [5.74, 6) is 4.40. The number of pyridine rings is 3. The topological polar surface area (TPSA) is 141 Å². The molecule has 0 saturated heterocycles. The number of aromatic hydroxyl groups is 1. The Hall–Kier alpha value is -9.26. The molecule has 2 N–H and O–H groups in total. The van der Waals surface area contributed by atoms with Gasteiger partial charge < -0.3 is 14.9 Å². The summed E-state index contributed by atoms with van der Waals surface area (Å²) >= 11 is 3.57. The third-order valence-corrected chi connectivity index (χ3v) is 13.8. The quantitative estimate of drug-likeness (QED) is 0.115. The van der Waals surface area contributed by atoms with E-state index in [1.54, 1.807) is 42.7 Å². The molecule has 0 bridgehead atoms. The van der Waals surface area contributed by atoms with E-state index in [9.17, 15) is 9.90 Å². The molecule has 5 heterocycles. The van der Waals surface area contributed by atoms with Gasteiger partial charge in [0.25, 0.3) is 0 Å². The molecule has 82 heavy (non-hydrogen) atoms. The van der Waals surface area contributed by atoms with E-state index in [-0.39, 0.29) is 11.4 Å². The second-order valence-electron chi connectivity index (χ2n) is 20.6. The Labute approximate surface area is 489 Å². The number of aromatic nitrogens is 7. The van der Waals surface area contributed by atoms with Crippen LogP contribution in [0.15, 0.2) is 236 Å². The average molecular weight is 1150 g/mol. The van der Waals surface area contributed by atoms with Crippen LogP contribution in [-0.2, 0) is 0 Å². The highest BCUT2D eigenvalue weighted by atomic mass is 79.9. The number of rotatable bonds is 13. The van der Waals surface area contributed by atoms with Crippen LogP contribution < -0.4 is 4.74 Å². The third-order valence-electron chi connectivity index (χ3n) is 13.3. The minimum atomic E-state index is -0.990. The number of imidazole rings is 2. The summed E-state index contributed by atoms with van der Waals surface area (Å²) in [6.45, 7) is 18.0. The molecule has 0 aliphatic carbocycles. The van der Waals surface area contributed by atoms with Gasteiger partial charge in [0.05, 0.1) is 22.8 Å². The Morgan fingerprint density at radius 1 is 0.427 bits per heavy atom. The third kappa shape index (κ3) is 15.1. The van der Waals surface area contributed by atoms with E-state index in [0.717, 1.165) is 61.3 Å². The highest BCUT2D eigenvalue weighted by Gasteiger charge is 2.21. The number of hydrogen-bond donors (Lipinski definition) is 2. The molecule has 0 saturated carbocycles. The van der Waals surface area contributed by atoms with Crippen molar-refractivity contribution in [1.29, 1.82) is 0 Å². The molecule has 0 amide bonds. The van der Waals surface area contributed by atoms with Crippen LogP contribution in [0, 0.1) is 0 Å². The molecule has 0 aliphatic heterocycles.